The lowest BCUT2D eigenvalue weighted by molar-refractivity contribution is -0.440. The molecule has 1 aliphatic rings. The Morgan fingerprint density at radius 3 is 1.92 bits per heavy atom. The first kappa shape index (κ1) is 35.9. The molecule has 3 heterocycles. The van der Waals surface area contributed by atoms with E-state index in [0.29, 0.717) is 10.2 Å². The molecule has 5 rings (SSSR count). The van der Waals surface area contributed by atoms with Crippen molar-refractivity contribution >= 4 is 15.7 Å². The summed E-state index contributed by atoms with van der Waals surface area (Å²) in [6.45, 7) is -1.87. The summed E-state index contributed by atoms with van der Waals surface area (Å²) < 4.78 is 204. The smallest absolute Gasteiger partial charge is 0.265 e. The highest BCUT2D eigenvalue weighted by atomic mass is 32.2. The Bertz CT molecular complexity index is 1980. The van der Waals surface area contributed by atoms with Crippen LogP contribution in [0.3, 0.4) is 0 Å². The molecule has 1 aliphatic heterocycles. The SMILES string of the molecule is CN1c2c(-c3ccccc3)nn(Cc3cn(CCC(F)(F)C(F)(F)C(F)(F)C(F)(F)C(F)(F)C(F)(F)F)nn3)c2-c2ccccc2S1(=O)=O. The predicted octanol–water partition coefficient (Wildman–Crippen LogP) is 7.12. The molecule has 0 fully saturated rings. The molecule has 4 aromatic rings. The van der Waals surface area contributed by atoms with Crippen molar-refractivity contribution in [2.24, 2.45) is 0 Å². The average molecular weight is 739 g/mol. The molecule has 49 heavy (non-hydrogen) atoms. The van der Waals surface area contributed by atoms with E-state index in [9.17, 15) is 65.5 Å². The van der Waals surface area contributed by atoms with Crippen molar-refractivity contribution in [3.8, 4) is 22.5 Å². The van der Waals surface area contributed by atoms with E-state index in [1.807, 2.05) is 0 Å². The van der Waals surface area contributed by atoms with Gasteiger partial charge < -0.3 is 0 Å². The van der Waals surface area contributed by atoms with Crippen LogP contribution in [0.1, 0.15) is 12.1 Å². The van der Waals surface area contributed by atoms with Crippen LogP contribution in [0.5, 0.6) is 0 Å². The Morgan fingerprint density at radius 2 is 1.31 bits per heavy atom. The summed E-state index contributed by atoms with van der Waals surface area (Å²) in [7, 11) is -2.79. The average Bonchev–Trinajstić information content (AvgIpc) is 3.63. The van der Waals surface area contributed by atoms with E-state index in [2.05, 4.69) is 15.4 Å². The van der Waals surface area contributed by atoms with Crippen molar-refractivity contribution < 1.29 is 65.5 Å². The summed E-state index contributed by atoms with van der Waals surface area (Å²) >= 11 is 0. The maximum Gasteiger partial charge on any atom is 0.460 e. The second-order valence-corrected chi connectivity index (χ2v) is 12.7. The molecule has 0 N–H and O–H groups in total. The number of benzene rings is 2. The highest BCUT2D eigenvalue weighted by Gasteiger charge is 2.90. The monoisotopic (exact) mass is 738 g/mol. The first-order valence-electron chi connectivity index (χ1n) is 13.5. The Hall–Kier alpha value is -4.37. The van der Waals surface area contributed by atoms with Crippen LogP contribution >= 0.6 is 0 Å². The van der Waals surface area contributed by atoms with E-state index >= 15 is 0 Å². The highest BCUT2D eigenvalue weighted by molar-refractivity contribution is 7.93. The van der Waals surface area contributed by atoms with Crippen LogP contribution < -0.4 is 4.31 Å². The fourth-order valence-electron chi connectivity index (χ4n) is 4.96. The summed E-state index contributed by atoms with van der Waals surface area (Å²) in [4.78, 5) is -0.104. The van der Waals surface area contributed by atoms with E-state index in [-0.39, 0.29) is 39.8 Å². The Labute approximate surface area is 266 Å². The first-order chi connectivity index (χ1) is 22.4. The van der Waals surface area contributed by atoms with E-state index in [0.717, 1.165) is 10.5 Å². The van der Waals surface area contributed by atoms with Crippen molar-refractivity contribution in [1.29, 1.82) is 0 Å². The summed E-state index contributed by atoms with van der Waals surface area (Å²) in [5.74, 6) is -37.4. The quantitative estimate of drug-likeness (QED) is 0.162. The van der Waals surface area contributed by atoms with Gasteiger partial charge in [-0.2, -0.15) is 62.2 Å². The van der Waals surface area contributed by atoms with Crippen LogP contribution in [0.4, 0.5) is 62.8 Å². The van der Waals surface area contributed by atoms with E-state index < -0.39 is 58.8 Å². The van der Waals surface area contributed by atoms with Gasteiger partial charge in [0.2, 0.25) is 0 Å². The van der Waals surface area contributed by atoms with Crippen molar-refractivity contribution in [2.75, 3.05) is 11.4 Å². The predicted molar refractivity (Wildman–Crippen MR) is 143 cm³/mol. The summed E-state index contributed by atoms with van der Waals surface area (Å²) in [5.41, 5.74) is 1.07. The molecule has 0 aliphatic carbocycles. The number of fused-ring (bicyclic) bond motifs is 3. The van der Waals surface area contributed by atoms with Gasteiger partial charge in [-0.25, -0.2) is 8.42 Å². The zero-order valence-corrected chi connectivity index (χ0v) is 25.0. The summed E-state index contributed by atoms with van der Waals surface area (Å²) in [6, 6.07) is 14.1. The molecule has 2 aromatic heterocycles. The van der Waals surface area contributed by atoms with Gasteiger partial charge in [0.25, 0.3) is 10.0 Å². The van der Waals surface area contributed by atoms with Gasteiger partial charge in [0, 0.05) is 31.1 Å². The van der Waals surface area contributed by atoms with Gasteiger partial charge in [0.15, 0.2) is 0 Å². The normalized spacial score (nSPS) is 15.7. The largest absolute Gasteiger partial charge is 0.460 e. The van der Waals surface area contributed by atoms with E-state index in [4.69, 9.17) is 0 Å². The molecule has 2 aromatic carbocycles. The van der Waals surface area contributed by atoms with Crippen molar-refractivity contribution in [3.05, 3.63) is 66.5 Å². The Balaban J connectivity index is 1.44. The first-order valence-corrected chi connectivity index (χ1v) is 14.9. The van der Waals surface area contributed by atoms with Crippen LogP contribution in [-0.4, -0.2) is 76.0 Å². The van der Waals surface area contributed by atoms with E-state index in [1.165, 1.54) is 29.9 Å². The van der Waals surface area contributed by atoms with Crippen LogP contribution in [0, 0.1) is 0 Å². The van der Waals surface area contributed by atoms with Crippen molar-refractivity contribution in [3.63, 3.8) is 0 Å². The number of hydrogen-bond donors (Lipinski definition) is 0. The molecule has 0 saturated heterocycles. The zero-order chi connectivity index (χ0) is 36.6. The van der Waals surface area contributed by atoms with Gasteiger partial charge in [-0.05, 0) is 6.07 Å². The number of nitrogens with zero attached hydrogens (tertiary/aromatic N) is 6. The lowest BCUT2D eigenvalue weighted by Gasteiger charge is -2.39. The van der Waals surface area contributed by atoms with Gasteiger partial charge in [0.1, 0.15) is 17.1 Å². The molecule has 0 saturated carbocycles. The lowest BCUT2D eigenvalue weighted by atomic mass is 9.92. The number of hydrogen-bond acceptors (Lipinski definition) is 5. The van der Waals surface area contributed by atoms with Crippen LogP contribution in [0.15, 0.2) is 65.7 Å². The third-order valence-corrected chi connectivity index (χ3v) is 9.44. The van der Waals surface area contributed by atoms with Crippen molar-refractivity contribution in [1.82, 2.24) is 24.8 Å². The standard InChI is InChI=1S/C27H19F13N6O2S/c1-44-21-19(15-7-3-2-4-8-15)42-46(20(21)17-9-5-6-10-18(17)49(44,47)48)14-16-13-45(43-41-16)12-11-22(28,29)23(30,31)24(32,33)25(34,35)26(36,37)27(38,39)40/h2-10,13H,11-12,14H2,1H3. The molecule has 0 amide bonds. The number of aryl methyl sites for hydroxylation is 1. The molecular formula is C27H19F13N6O2S. The van der Waals surface area contributed by atoms with Gasteiger partial charge in [-0.15, -0.1) is 5.10 Å². The molecule has 0 spiro atoms. The molecule has 0 atom stereocenters. The minimum absolute atomic E-state index is 0.104. The van der Waals surface area contributed by atoms with Crippen LogP contribution in [-0.2, 0) is 23.1 Å². The maximum atomic E-state index is 14.3. The third-order valence-electron chi connectivity index (χ3n) is 7.62. The van der Waals surface area contributed by atoms with Crippen LogP contribution in [0.2, 0.25) is 0 Å². The number of halogens is 13. The lowest BCUT2D eigenvalue weighted by Crippen LogP contribution is -2.70. The molecule has 0 radical (unpaired) electrons. The number of rotatable bonds is 10. The number of alkyl halides is 13. The second-order valence-electron chi connectivity index (χ2n) is 10.8. The molecule has 22 heteroatoms. The minimum Gasteiger partial charge on any atom is -0.265 e. The third kappa shape index (κ3) is 5.37. The summed E-state index contributed by atoms with van der Waals surface area (Å²) in [6.07, 6.45) is -9.16. The van der Waals surface area contributed by atoms with E-state index in [1.54, 1.807) is 36.4 Å². The maximum absolute atomic E-state index is 14.3. The second kappa shape index (κ2) is 11.3. The topological polar surface area (TPSA) is 85.9 Å². The van der Waals surface area contributed by atoms with Gasteiger partial charge in [-0.1, -0.05) is 53.7 Å². The molecule has 0 bridgehead atoms. The molecular weight excluding hydrogens is 719 g/mol. The Kier molecular flexibility index (Phi) is 8.31. The fourth-order valence-corrected chi connectivity index (χ4v) is 6.37. The van der Waals surface area contributed by atoms with Gasteiger partial charge in [0.05, 0.1) is 23.3 Å². The molecule has 8 nitrogen and oxygen atoms in total. The van der Waals surface area contributed by atoms with Gasteiger partial charge >= 0.3 is 35.8 Å². The number of sulfonamides is 1. The fraction of sp³-hybridized carbons (Fsp3) is 0.370. The highest BCUT2D eigenvalue weighted by Crippen LogP contribution is 2.60. The Morgan fingerprint density at radius 1 is 0.735 bits per heavy atom. The summed E-state index contributed by atoms with van der Waals surface area (Å²) in [5, 5.41) is 11.5. The zero-order valence-electron chi connectivity index (χ0n) is 24.2. The molecule has 0 unspecified atom stereocenters. The van der Waals surface area contributed by atoms with Crippen molar-refractivity contribution in [2.45, 2.75) is 60.2 Å². The van der Waals surface area contributed by atoms with Crippen LogP contribution in [0.25, 0.3) is 22.5 Å². The molecule has 266 valence electrons. The number of anilines is 1. The van der Waals surface area contributed by atoms with Gasteiger partial charge in [-0.3, -0.25) is 13.7 Å². The number of aromatic nitrogens is 5. The minimum atomic E-state index is -7.99.